The van der Waals surface area contributed by atoms with Gasteiger partial charge in [-0.2, -0.15) is 13.2 Å². The first-order valence-electron chi connectivity index (χ1n) is 6.28. The monoisotopic (exact) mass is 317 g/mol. The van der Waals surface area contributed by atoms with Crippen molar-refractivity contribution in [2.75, 3.05) is 32.7 Å². The molecular weight excluding hydrogens is 303 g/mol. The van der Waals surface area contributed by atoms with Gasteiger partial charge in [-0.15, -0.1) is 0 Å². The van der Waals surface area contributed by atoms with Crippen molar-refractivity contribution in [1.82, 2.24) is 0 Å². The highest BCUT2D eigenvalue weighted by Gasteiger charge is 2.56. The van der Waals surface area contributed by atoms with Crippen molar-refractivity contribution in [3.63, 3.8) is 0 Å². The molecule has 5 nitrogen and oxygen atoms in total. The molecule has 0 saturated heterocycles. The normalized spacial score (nSPS) is 16.2. The fourth-order valence-corrected chi connectivity index (χ4v) is 2.69. The zero-order chi connectivity index (χ0) is 16.7. The number of anilines is 1. The van der Waals surface area contributed by atoms with Crippen molar-refractivity contribution in [3.05, 3.63) is 29.3 Å². The van der Waals surface area contributed by atoms with Crippen molar-refractivity contribution < 1.29 is 32.2 Å². The van der Waals surface area contributed by atoms with Crippen LogP contribution in [-0.4, -0.2) is 39.8 Å². The van der Waals surface area contributed by atoms with Crippen molar-refractivity contribution in [2.45, 2.75) is 11.6 Å². The van der Waals surface area contributed by atoms with Gasteiger partial charge in [-0.05, 0) is 18.2 Å². The van der Waals surface area contributed by atoms with Gasteiger partial charge in [0.15, 0.2) is 0 Å². The third kappa shape index (κ3) is 2.18. The van der Waals surface area contributed by atoms with E-state index in [-0.39, 0.29) is 12.1 Å². The zero-order valence-electron chi connectivity index (χ0n) is 12.2. The fraction of sp³-hybridized carbons (Fsp3) is 0.429. The molecule has 0 saturated carbocycles. The second-order valence-corrected chi connectivity index (χ2v) is 4.97. The van der Waals surface area contributed by atoms with Crippen LogP contribution in [0.2, 0.25) is 0 Å². The first-order chi connectivity index (χ1) is 10.2. The molecule has 0 N–H and O–H groups in total. The molecule has 1 aliphatic heterocycles. The largest absolute Gasteiger partial charge is 0.468 e. The minimum Gasteiger partial charge on any atom is -0.468 e. The molecule has 0 aliphatic carbocycles. The summed E-state index contributed by atoms with van der Waals surface area (Å²) >= 11 is 0. The predicted molar refractivity (Wildman–Crippen MR) is 70.4 cm³/mol. The summed E-state index contributed by atoms with van der Waals surface area (Å²) in [6.07, 6.45) is -4.59. The van der Waals surface area contributed by atoms with Crippen LogP contribution in [0.3, 0.4) is 0 Å². The van der Waals surface area contributed by atoms with Crippen LogP contribution in [0.5, 0.6) is 0 Å². The van der Waals surface area contributed by atoms with Gasteiger partial charge < -0.3 is 14.4 Å². The Labute approximate surface area is 124 Å². The second-order valence-electron chi connectivity index (χ2n) is 4.97. The van der Waals surface area contributed by atoms with E-state index in [4.69, 9.17) is 0 Å². The van der Waals surface area contributed by atoms with Crippen molar-refractivity contribution in [1.29, 1.82) is 0 Å². The SMILES string of the molecule is COC(=O)C1(C(=O)OC)CN(C)c2ccc(C(F)(F)F)cc21. The number of methoxy groups -OCH3 is 2. The summed E-state index contributed by atoms with van der Waals surface area (Å²) in [5.41, 5.74) is -2.58. The number of halogens is 3. The van der Waals surface area contributed by atoms with E-state index in [1.807, 2.05) is 0 Å². The number of hydrogen-bond donors (Lipinski definition) is 0. The van der Waals surface area contributed by atoms with Crippen LogP contribution in [0.4, 0.5) is 18.9 Å². The minimum atomic E-state index is -4.59. The van der Waals surface area contributed by atoms with E-state index in [0.717, 1.165) is 26.4 Å². The maximum atomic E-state index is 12.9. The molecule has 0 fully saturated rings. The molecule has 0 spiro atoms. The highest BCUT2D eigenvalue weighted by atomic mass is 19.4. The van der Waals surface area contributed by atoms with Gasteiger partial charge in [0.25, 0.3) is 0 Å². The van der Waals surface area contributed by atoms with E-state index in [0.29, 0.717) is 5.69 Å². The lowest BCUT2D eigenvalue weighted by molar-refractivity contribution is -0.161. The summed E-state index contributed by atoms with van der Waals surface area (Å²) in [6.45, 7) is -0.150. The molecule has 0 aromatic heterocycles. The number of fused-ring (bicyclic) bond motifs is 1. The molecule has 120 valence electrons. The molecule has 0 radical (unpaired) electrons. The van der Waals surface area contributed by atoms with Crippen LogP contribution < -0.4 is 4.90 Å². The maximum absolute atomic E-state index is 12.9. The molecular formula is C14H14F3NO4. The lowest BCUT2D eigenvalue weighted by Crippen LogP contribution is -2.48. The third-order valence-electron chi connectivity index (χ3n) is 3.74. The predicted octanol–water partition coefficient (Wildman–Crippen LogP) is 1.74. The molecule has 0 atom stereocenters. The summed E-state index contributed by atoms with van der Waals surface area (Å²) < 4.78 is 48.1. The Balaban J connectivity index is 2.72. The van der Waals surface area contributed by atoms with Gasteiger partial charge in [0.05, 0.1) is 19.8 Å². The second kappa shape index (κ2) is 5.19. The third-order valence-corrected chi connectivity index (χ3v) is 3.74. The number of likely N-dealkylation sites (N-methyl/N-ethyl adjacent to an activating group) is 1. The average molecular weight is 317 g/mol. The Kier molecular flexibility index (Phi) is 3.80. The molecule has 1 aromatic rings. The molecule has 8 heteroatoms. The number of hydrogen-bond acceptors (Lipinski definition) is 5. The molecule has 1 heterocycles. The van der Waals surface area contributed by atoms with E-state index < -0.39 is 29.1 Å². The number of esters is 2. The topological polar surface area (TPSA) is 55.8 Å². The molecule has 1 aliphatic rings. The number of nitrogens with zero attached hydrogens (tertiary/aromatic N) is 1. The van der Waals surface area contributed by atoms with Crippen LogP contribution in [-0.2, 0) is 30.7 Å². The lowest BCUT2D eigenvalue weighted by Gasteiger charge is -2.24. The average Bonchev–Trinajstić information content (AvgIpc) is 2.78. The van der Waals surface area contributed by atoms with E-state index in [2.05, 4.69) is 9.47 Å². The first kappa shape index (κ1) is 16.1. The summed E-state index contributed by atoms with van der Waals surface area (Å²) in [6, 6.07) is 2.93. The van der Waals surface area contributed by atoms with Gasteiger partial charge in [0.2, 0.25) is 5.41 Å². The maximum Gasteiger partial charge on any atom is 0.416 e. The Morgan fingerprint density at radius 2 is 1.73 bits per heavy atom. The van der Waals surface area contributed by atoms with E-state index in [9.17, 15) is 22.8 Å². The molecule has 0 amide bonds. The summed E-state index contributed by atoms with van der Waals surface area (Å²) in [4.78, 5) is 25.9. The number of carbonyl (C=O) groups excluding carboxylic acids is 2. The smallest absolute Gasteiger partial charge is 0.416 e. The molecule has 1 aromatic carbocycles. The standard InChI is InChI=1S/C14H14F3NO4/c1-18-7-13(11(19)21-2,12(20)22-3)9-6-8(14(15,16)17)4-5-10(9)18/h4-6H,7H2,1-3H3. The van der Waals surface area contributed by atoms with E-state index in [1.54, 1.807) is 7.05 Å². The molecule has 0 unspecified atom stereocenters. The number of alkyl halides is 3. The van der Waals surface area contributed by atoms with Crippen molar-refractivity contribution in [2.24, 2.45) is 0 Å². The quantitative estimate of drug-likeness (QED) is 0.614. The molecule has 0 bridgehead atoms. The van der Waals surface area contributed by atoms with Gasteiger partial charge in [-0.1, -0.05) is 0 Å². The van der Waals surface area contributed by atoms with Crippen LogP contribution in [0.1, 0.15) is 11.1 Å². The van der Waals surface area contributed by atoms with E-state index in [1.165, 1.54) is 11.0 Å². The Bertz CT molecular complexity index is 611. The Morgan fingerprint density at radius 3 is 2.18 bits per heavy atom. The number of ether oxygens (including phenoxy) is 2. The van der Waals surface area contributed by atoms with E-state index >= 15 is 0 Å². The van der Waals surface area contributed by atoms with Gasteiger partial charge in [-0.3, -0.25) is 9.59 Å². The van der Waals surface area contributed by atoms with Crippen LogP contribution in [0, 0.1) is 0 Å². The first-order valence-corrected chi connectivity index (χ1v) is 6.28. The highest BCUT2D eigenvalue weighted by Crippen LogP contribution is 2.44. The Hall–Kier alpha value is -2.25. The van der Waals surface area contributed by atoms with Gasteiger partial charge in [-0.25, -0.2) is 0 Å². The number of benzene rings is 1. The molecule has 2 rings (SSSR count). The number of rotatable bonds is 2. The van der Waals surface area contributed by atoms with Crippen molar-refractivity contribution >= 4 is 17.6 Å². The molecule has 22 heavy (non-hydrogen) atoms. The summed E-state index contributed by atoms with van der Waals surface area (Å²) in [5.74, 6) is -1.91. The Morgan fingerprint density at radius 1 is 1.18 bits per heavy atom. The fourth-order valence-electron chi connectivity index (χ4n) is 2.69. The zero-order valence-corrected chi connectivity index (χ0v) is 12.2. The van der Waals surface area contributed by atoms with Gasteiger partial charge in [0.1, 0.15) is 0 Å². The van der Waals surface area contributed by atoms with Crippen LogP contribution in [0.25, 0.3) is 0 Å². The van der Waals surface area contributed by atoms with Crippen molar-refractivity contribution in [3.8, 4) is 0 Å². The van der Waals surface area contributed by atoms with Crippen LogP contribution >= 0.6 is 0 Å². The summed E-state index contributed by atoms with van der Waals surface area (Å²) in [5, 5.41) is 0. The lowest BCUT2D eigenvalue weighted by atomic mass is 9.81. The highest BCUT2D eigenvalue weighted by molar-refractivity contribution is 6.10. The van der Waals surface area contributed by atoms with Crippen LogP contribution in [0.15, 0.2) is 18.2 Å². The van der Waals surface area contributed by atoms with Gasteiger partial charge in [0, 0.05) is 24.8 Å². The van der Waals surface area contributed by atoms with Gasteiger partial charge >= 0.3 is 18.1 Å². The minimum absolute atomic E-state index is 0.0662. The summed E-state index contributed by atoms with van der Waals surface area (Å²) in [7, 11) is 3.71. The number of carbonyl (C=O) groups is 2.